The first kappa shape index (κ1) is 14.8. The van der Waals surface area contributed by atoms with Gasteiger partial charge in [0.05, 0.1) is 6.10 Å². The summed E-state index contributed by atoms with van der Waals surface area (Å²) in [7, 11) is 0. The molecule has 116 valence electrons. The number of hydrogen-bond acceptors (Lipinski definition) is 5. The molecule has 1 aliphatic heterocycles. The number of aliphatic hydroxyl groups is 1. The lowest BCUT2D eigenvalue weighted by molar-refractivity contribution is 0.168. The molecule has 0 spiro atoms. The third kappa shape index (κ3) is 3.37. The van der Waals surface area contributed by atoms with Gasteiger partial charge < -0.3 is 19.9 Å². The summed E-state index contributed by atoms with van der Waals surface area (Å²) in [5.41, 5.74) is 1.96. The van der Waals surface area contributed by atoms with E-state index in [0.29, 0.717) is 19.8 Å². The summed E-state index contributed by atoms with van der Waals surface area (Å²) < 4.78 is 11.1. The van der Waals surface area contributed by atoms with E-state index in [1.807, 2.05) is 30.3 Å². The van der Waals surface area contributed by atoms with Gasteiger partial charge in [0.2, 0.25) is 0 Å². The molecule has 0 amide bonds. The monoisotopic (exact) mass is 300 g/mol. The van der Waals surface area contributed by atoms with Gasteiger partial charge in [-0.15, -0.1) is 0 Å². The highest BCUT2D eigenvalue weighted by Gasteiger charge is 2.15. The second kappa shape index (κ2) is 6.77. The number of hydrogen-bond donors (Lipinski definition) is 2. The van der Waals surface area contributed by atoms with Crippen LogP contribution < -0.4 is 14.8 Å². The Kier molecular flexibility index (Phi) is 4.56. The quantitative estimate of drug-likeness (QED) is 0.886. The van der Waals surface area contributed by atoms with Crippen molar-refractivity contribution in [1.29, 1.82) is 0 Å². The molecule has 0 radical (unpaired) electrons. The fraction of sp³-hybridized carbons (Fsp3) is 0.353. The zero-order valence-electron chi connectivity index (χ0n) is 12.5. The molecule has 1 aliphatic rings. The van der Waals surface area contributed by atoms with Crippen molar-refractivity contribution >= 4 is 0 Å². The van der Waals surface area contributed by atoms with Crippen LogP contribution >= 0.6 is 0 Å². The summed E-state index contributed by atoms with van der Waals surface area (Å²) in [6.45, 7) is 3.71. The van der Waals surface area contributed by atoms with Gasteiger partial charge in [-0.1, -0.05) is 6.07 Å². The van der Waals surface area contributed by atoms with Gasteiger partial charge in [0, 0.05) is 25.0 Å². The van der Waals surface area contributed by atoms with Gasteiger partial charge in [-0.2, -0.15) is 0 Å². The molecule has 0 saturated carbocycles. The van der Waals surface area contributed by atoms with Crippen molar-refractivity contribution in [1.82, 2.24) is 10.3 Å². The molecule has 2 heterocycles. The SMILES string of the molecule is CC(NCC(O)c1ccncc1)c1ccc2c(c1)OCCO2. The van der Waals surface area contributed by atoms with Crippen LogP contribution in [0.5, 0.6) is 11.5 Å². The maximum Gasteiger partial charge on any atom is 0.161 e. The van der Waals surface area contributed by atoms with E-state index < -0.39 is 6.10 Å². The molecule has 0 fully saturated rings. The second-order valence-electron chi connectivity index (χ2n) is 5.33. The van der Waals surface area contributed by atoms with Gasteiger partial charge in [-0.25, -0.2) is 0 Å². The third-order valence-corrected chi connectivity index (χ3v) is 3.77. The Balaban J connectivity index is 1.61. The van der Waals surface area contributed by atoms with E-state index in [-0.39, 0.29) is 6.04 Å². The molecule has 0 bridgehead atoms. The Bertz CT molecular complexity index is 619. The van der Waals surface area contributed by atoms with Gasteiger partial charge in [0.15, 0.2) is 11.5 Å². The topological polar surface area (TPSA) is 63.6 Å². The number of benzene rings is 1. The van der Waals surface area contributed by atoms with Crippen LogP contribution in [0.15, 0.2) is 42.7 Å². The molecule has 5 heteroatoms. The highest BCUT2D eigenvalue weighted by molar-refractivity contribution is 5.44. The van der Waals surface area contributed by atoms with Crippen LogP contribution in [-0.2, 0) is 0 Å². The van der Waals surface area contributed by atoms with Crippen molar-refractivity contribution < 1.29 is 14.6 Å². The van der Waals surface area contributed by atoms with E-state index in [2.05, 4.69) is 17.2 Å². The number of nitrogens with one attached hydrogen (secondary N) is 1. The van der Waals surface area contributed by atoms with Crippen molar-refractivity contribution in [2.75, 3.05) is 19.8 Å². The Morgan fingerprint density at radius 1 is 1.09 bits per heavy atom. The lowest BCUT2D eigenvalue weighted by Gasteiger charge is -2.22. The van der Waals surface area contributed by atoms with Crippen molar-refractivity contribution in [3.8, 4) is 11.5 Å². The summed E-state index contributed by atoms with van der Waals surface area (Å²) in [5.74, 6) is 1.58. The van der Waals surface area contributed by atoms with Crippen LogP contribution in [0, 0.1) is 0 Å². The first-order chi connectivity index (χ1) is 10.7. The predicted octanol–water partition coefficient (Wildman–Crippen LogP) is 2.24. The van der Waals surface area contributed by atoms with Gasteiger partial charge in [0.25, 0.3) is 0 Å². The van der Waals surface area contributed by atoms with Crippen molar-refractivity contribution in [2.45, 2.75) is 19.1 Å². The molecular weight excluding hydrogens is 280 g/mol. The smallest absolute Gasteiger partial charge is 0.161 e. The summed E-state index contributed by atoms with van der Waals surface area (Å²) >= 11 is 0. The summed E-state index contributed by atoms with van der Waals surface area (Å²) in [6.07, 6.45) is 2.81. The number of pyridine rings is 1. The maximum atomic E-state index is 10.2. The number of aliphatic hydroxyl groups excluding tert-OH is 1. The average Bonchev–Trinajstić information content (AvgIpc) is 2.59. The Labute approximate surface area is 129 Å². The molecule has 2 N–H and O–H groups in total. The summed E-state index contributed by atoms with van der Waals surface area (Å²) in [4.78, 5) is 3.95. The standard InChI is InChI=1S/C17H20N2O3/c1-12(19-11-15(20)13-4-6-18-7-5-13)14-2-3-16-17(10-14)22-9-8-21-16/h2-7,10,12,15,19-20H,8-9,11H2,1H3. The maximum absolute atomic E-state index is 10.2. The molecule has 2 unspecified atom stereocenters. The van der Waals surface area contributed by atoms with Crippen LogP contribution in [0.2, 0.25) is 0 Å². The zero-order chi connectivity index (χ0) is 15.4. The lowest BCUT2D eigenvalue weighted by atomic mass is 10.1. The molecule has 0 aliphatic carbocycles. The predicted molar refractivity (Wildman–Crippen MR) is 83.0 cm³/mol. The van der Waals surface area contributed by atoms with Crippen molar-refractivity contribution in [3.63, 3.8) is 0 Å². The second-order valence-corrected chi connectivity index (χ2v) is 5.33. The van der Waals surface area contributed by atoms with Crippen LogP contribution in [-0.4, -0.2) is 29.8 Å². The summed E-state index contributed by atoms with van der Waals surface area (Å²) in [5, 5.41) is 13.5. The fourth-order valence-electron chi connectivity index (χ4n) is 2.44. The number of nitrogens with zero attached hydrogens (tertiary/aromatic N) is 1. The molecule has 3 rings (SSSR count). The van der Waals surface area contributed by atoms with Gasteiger partial charge in [-0.3, -0.25) is 4.98 Å². The van der Waals surface area contributed by atoms with Gasteiger partial charge >= 0.3 is 0 Å². The molecule has 0 saturated heterocycles. The first-order valence-electron chi connectivity index (χ1n) is 7.45. The number of ether oxygens (including phenoxy) is 2. The van der Waals surface area contributed by atoms with E-state index in [1.54, 1.807) is 12.4 Å². The molecule has 5 nitrogen and oxygen atoms in total. The minimum atomic E-state index is -0.553. The average molecular weight is 300 g/mol. The minimum absolute atomic E-state index is 0.104. The lowest BCUT2D eigenvalue weighted by Crippen LogP contribution is -2.25. The molecule has 22 heavy (non-hydrogen) atoms. The first-order valence-corrected chi connectivity index (χ1v) is 7.45. The molecule has 1 aromatic carbocycles. The molecule has 1 aromatic heterocycles. The number of aromatic nitrogens is 1. The number of fused-ring (bicyclic) bond motifs is 1. The van der Waals surface area contributed by atoms with Crippen LogP contribution in [0.1, 0.15) is 30.2 Å². The van der Waals surface area contributed by atoms with Gasteiger partial charge in [0.1, 0.15) is 13.2 Å². The Morgan fingerprint density at radius 3 is 2.59 bits per heavy atom. The third-order valence-electron chi connectivity index (χ3n) is 3.77. The fourth-order valence-corrected chi connectivity index (χ4v) is 2.44. The van der Waals surface area contributed by atoms with Crippen LogP contribution in [0.4, 0.5) is 0 Å². The minimum Gasteiger partial charge on any atom is -0.486 e. The highest BCUT2D eigenvalue weighted by atomic mass is 16.6. The molecule has 2 aromatic rings. The zero-order valence-corrected chi connectivity index (χ0v) is 12.5. The highest BCUT2D eigenvalue weighted by Crippen LogP contribution is 2.32. The summed E-state index contributed by atoms with van der Waals surface area (Å²) in [6, 6.07) is 9.69. The van der Waals surface area contributed by atoms with E-state index >= 15 is 0 Å². The van der Waals surface area contributed by atoms with Crippen molar-refractivity contribution in [3.05, 3.63) is 53.9 Å². The Morgan fingerprint density at radius 2 is 1.82 bits per heavy atom. The van der Waals surface area contributed by atoms with Gasteiger partial charge in [-0.05, 0) is 42.3 Å². The van der Waals surface area contributed by atoms with E-state index in [1.165, 1.54) is 0 Å². The number of rotatable bonds is 5. The normalized spacial score (nSPS) is 16.1. The largest absolute Gasteiger partial charge is 0.486 e. The molecule has 2 atom stereocenters. The van der Waals surface area contributed by atoms with Crippen molar-refractivity contribution in [2.24, 2.45) is 0 Å². The van der Waals surface area contributed by atoms with Crippen LogP contribution in [0.25, 0.3) is 0 Å². The Hall–Kier alpha value is -2.11. The van der Waals surface area contributed by atoms with E-state index in [4.69, 9.17) is 9.47 Å². The van der Waals surface area contributed by atoms with Crippen LogP contribution in [0.3, 0.4) is 0 Å². The van der Waals surface area contributed by atoms with E-state index in [9.17, 15) is 5.11 Å². The van der Waals surface area contributed by atoms with E-state index in [0.717, 1.165) is 22.6 Å². The molecular formula is C17H20N2O3.